The minimum absolute atomic E-state index is 0.546. The Labute approximate surface area is 124 Å². The van der Waals surface area contributed by atoms with Gasteiger partial charge in [-0.05, 0) is 49.3 Å². The van der Waals surface area contributed by atoms with Gasteiger partial charge in [0, 0.05) is 25.3 Å². The Kier molecular flexibility index (Phi) is 5.47. The highest BCUT2D eigenvalue weighted by Crippen LogP contribution is 2.39. The number of hydrogen-bond acceptors (Lipinski definition) is 2. The van der Waals surface area contributed by atoms with Crippen molar-refractivity contribution in [2.45, 2.75) is 53.0 Å². The summed E-state index contributed by atoms with van der Waals surface area (Å²) < 4.78 is 0. The van der Waals surface area contributed by atoms with E-state index in [9.17, 15) is 0 Å². The molecule has 0 amide bonds. The molecule has 0 aromatic heterocycles. The topological polar surface area (TPSA) is 15.3 Å². The second-order valence-electron chi connectivity index (χ2n) is 6.18. The molecule has 112 valence electrons. The molecule has 2 nitrogen and oxygen atoms in total. The summed E-state index contributed by atoms with van der Waals surface area (Å²) in [7, 11) is 0. The normalized spacial score (nSPS) is 17.6. The van der Waals surface area contributed by atoms with E-state index in [2.05, 4.69) is 55.3 Å². The molecule has 0 spiro atoms. The Morgan fingerprint density at radius 1 is 1.15 bits per heavy atom. The molecule has 1 aliphatic rings. The van der Waals surface area contributed by atoms with E-state index in [0.29, 0.717) is 5.41 Å². The smallest absolute Gasteiger partial charge is 0.0412 e. The molecule has 1 aliphatic heterocycles. The Balaban J connectivity index is 2.09. The van der Waals surface area contributed by atoms with E-state index in [1.165, 1.54) is 50.0 Å². The zero-order valence-electron chi connectivity index (χ0n) is 13.4. The first-order valence-corrected chi connectivity index (χ1v) is 8.28. The molecule has 2 rings (SSSR count). The number of nitrogens with one attached hydrogen (secondary N) is 1. The third-order valence-corrected chi connectivity index (χ3v) is 5.01. The quantitative estimate of drug-likeness (QED) is 0.750. The average molecular weight is 274 g/mol. The van der Waals surface area contributed by atoms with Crippen molar-refractivity contribution in [3.8, 4) is 0 Å². The summed E-state index contributed by atoms with van der Waals surface area (Å²) in [5.41, 5.74) is 3.44. The van der Waals surface area contributed by atoms with Gasteiger partial charge in [0.05, 0.1) is 0 Å². The van der Waals surface area contributed by atoms with Gasteiger partial charge in [-0.1, -0.05) is 39.0 Å². The molecule has 0 bridgehead atoms. The molecule has 20 heavy (non-hydrogen) atoms. The van der Waals surface area contributed by atoms with Crippen molar-refractivity contribution in [3.05, 3.63) is 29.8 Å². The van der Waals surface area contributed by atoms with Crippen LogP contribution in [0, 0.1) is 5.41 Å². The molecule has 0 aliphatic carbocycles. The minimum Gasteiger partial charge on any atom is -0.371 e. The van der Waals surface area contributed by atoms with E-state index in [1.807, 2.05) is 0 Å². The highest BCUT2D eigenvalue weighted by atomic mass is 15.2. The van der Waals surface area contributed by atoms with Crippen LogP contribution >= 0.6 is 0 Å². The summed E-state index contributed by atoms with van der Waals surface area (Å²) in [6, 6.07) is 8.91. The van der Waals surface area contributed by atoms with Crippen molar-refractivity contribution in [1.29, 1.82) is 0 Å². The van der Waals surface area contributed by atoms with Crippen LogP contribution in [-0.4, -0.2) is 19.6 Å². The highest BCUT2D eigenvalue weighted by Gasteiger charge is 2.35. The zero-order chi connectivity index (χ0) is 14.4. The predicted octanol–water partition coefficient (Wildman–Crippen LogP) is 4.20. The highest BCUT2D eigenvalue weighted by molar-refractivity contribution is 5.54. The zero-order valence-corrected chi connectivity index (χ0v) is 13.4. The van der Waals surface area contributed by atoms with Crippen LogP contribution < -0.4 is 10.2 Å². The number of anilines is 1. The van der Waals surface area contributed by atoms with E-state index in [4.69, 9.17) is 0 Å². The fourth-order valence-corrected chi connectivity index (χ4v) is 3.34. The Hall–Kier alpha value is -1.02. The molecule has 1 aromatic rings. The molecule has 1 heterocycles. The van der Waals surface area contributed by atoms with Gasteiger partial charge >= 0.3 is 0 Å². The molecule has 1 fully saturated rings. The van der Waals surface area contributed by atoms with Crippen LogP contribution in [0.4, 0.5) is 5.69 Å². The van der Waals surface area contributed by atoms with Crippen LogP contribution in [0.5, 0.6) is 0 Å². The van der Waals surface area contributed by atoms with Crippen LogP contribution in [0.3, 0.4) is 0 Å². The van der Waals surface area contributed by atoms with Crippen molar-refractivity contribution in [3.63, 3.8) is 0 Å². The molecule has 0 unspecified atom stereocenters. The Bertz CT molecular complexity index is 410. The third-order valence-electron chi connectivity index (χ3n) is 5.01. The van der Waals surface area contributed by atoms with E-state index in [-0.39, 0.29) is 0 Å². The molecule has 2 heteroatoms. The lowest BCUT2D eigenvalue weighted by atomic mass is 9.82. The molecular formula is C18H30N2. The van der Waals surface area contributed by atoms with Crippen LogP contribution in [0.2, 0.25) is 0 Å². The van der Waals surface area contributed by atoms with Crippen LogP contribution in [0.15, 0.2) is 24.3 Å². The second kappa shape index (κ2) is 7.12. The molecule has 1 N–H and O–H groups in total. The summed E-state index contributed by atoms with van der Waals surface area (Å²) in [5.74, 6) is 0. The molecule has 1 saturated heterocycles. The third kappa shape index (κ3) is 3.35. The van der Waals surface area contributed by atoms with Crippen molar-refractivity contribution < 1.29 is 0 Å². The fourth-order valence-electron chi connectivity index (χ4n) is 3.34. The summed E-state index contributed by atoms with van der Waals surface area (Å²) in [6.07, 6.45) is 5.14. The first-order valence-electron chi connectivity index (χ1n) is 8.28. The average Bonchev–Trinajstić information content (AvgIpc) is 2.93. The maximum atomic E-state index is 3.54. The van der Waals surface area contributed by atoms with Gasteiger partial charge in [0.15, 0.2) is 0 Å². The van der Waals surface area contributed by atoms with Gasteiger partial charge in [-0.25, -0.2) is 0 Å². The monoisotopic (exact) mass is 274 g/mol. The van der Waals surface area contributed by atoms with E-state index >= 15 is 0 Å². The predicted molar refractivity (Wildman–Crippen MR) is 88.3 cm³/mol. The molecule has 0 atom stereocenters. The van der Waals surface area contributed by atoms with Gasteiger partial charge in [0.1, 0.15) is 0 Å². The summed E-state index contributed by atoms with van der Waals surface area (Å²) in [4.78, 5) is 2.61. The maximum absolute atomic E-state index is 3.54. The molecule has 1 aromatic carbocycles. The lowest BCUT2D eigenvalue weighted by Gasteiger charge is -2.28. The maximum Gasteiger partial charge on any atom is 0.0412 e. The van der Waals surface area contributed by atoms with E-state index in [0.717, 1.165) is 13.1 Å². The first-order chi connectivity index (χ1) is 9.74. The van der Waals surface area contributed by atoms with Crippen molar-refractivity contribution in [1.82, 2.24) is 5.32 Å². The standard InChI is InChI=1S/C18H30N2/c1-4-12-19-14-16-9-7-8-10-17(16)20-13-11-18(5-2,6-3)15-20/h7-10,19H,4-6,11-15H2,1-3H3. The van der Waals surface area contributed by atoms with Crippen LogP contribution in [0.1, 0.15) is 52.0 Å². The Morgan fingerprint density at radius 2 is 1.90 bits per heavy atom. The minimum atomic E-state index is 0.546. The Morgan fingerprint density at radius 3 is 2.55 bits per heavy atom. The van der Waals surface area contributed by atoms with Gasteiger partial charge in [-0.15, -0.1) is 0 Å². The van der Waals surface area contributed by atoms with Crippen LogP contribution in [-0.2, 0) is 6.54 Å². The molecule has 0 radical (unpaired) electrons. The number of nitrogens with zero attached hydrogens (tertiary/aromatic N) is 1. The van der Waals surface area contributed by atoms with Crippen LogP contribution in [0.25, 0.3) is 0 Å². The van der Waals surface area contributed by atoms with Gasteiger partial charge in [-0.3, -0.25) is 0 Å². The van der Waals surface area contributed by atoms with Gasteiger partial charge in [0.25, 0.3) is 0 Å². The molecule has 0 saturated carbocycles. The van der Waals surface area contributed by atoms with E-state index in [1.54, 1.807) is 0 Å². The van der Waals surface area contributed by atoms with Gasteiger partial charge in [0.2, 0.25) is 0 Å². The number of hydrogen-bond donors (Lipinski definition) is 1. The first kappa shape index (κ1) is 15.4. The SMILES string of the molecule is CCCNCc1ccccc1N1CCC(CC)(CC)C1. The largest absolute Gasteiger partial charge is 0.371 e. The second-order valence-corrected chi connectivity index (χ2v) is 6.18. The summed E-state index contributed by atoms with van der Waals surface area (Å²) in [6.45, 7) is 11.4. The summed E-state index contributed by atoms with van der Waals surface area (Å²) >= 11 is 0. The summed E-state index contributed by atoms with van der Waals surface area (Å²) in [5, 5.41) is 3.54. The lowest BCUT2D eigenvalue weighted by Crippen LogP contribution is -2.27. The fraction of sp³-hybridized carbons (Fsp3) is 0.667. The van der Waals surface area contributed by atoms with Gasteiger partial charge < -0.3 is 10.2 Å². The van der Waals surface area contributed by atoms with Crippen molar-refractivity contribution >= 4 is 5.69 Å². The van der Waals surface area contributed by atoms with Crippen molar-refractivity contribution in [2.24, 2.45) is 5.41 Å². The van der Waals surface area contributed by atoms with Crippen molar-refractivity contribution in [2.75, 3.05) is 24.5 Å². The lowest BCUT2D eigenvalue weighted by molar-refractivity contribution is 0.301. The number of para-hydroxylation sites is 1. The number of benzene rings is 1. The number of rotatable bonds is 7. The van der Waals surface area contributed by atoms with Gasteiger partial charge in [-0.2, -0.15) is 0 Å². The molecular weight excluding hydrogens is 244 g/mol. The van der Waals surface area contributed by atoms with E-state index < -0.39 is 0 Å².